The van der Waals surface area contributed by atoms with Crippen LogP contribution in [0.2, 0.25) is 0 Å². The number of hydrogen-bond acceptors (Lipinski definition) is 2. The van der Waals surface area contributed by atoms with E-state index in [1.54, 1.807) is 0 Å². The normalized spacial score (nSPS) is 13.1. The molecule has 2 atom stereocenters. The summed E-state index contributed by atoms with van der Waals surface area (Å²) >= 11 is 0. The Morgan fingerprint density at radius 3 is 1.36 bits per heavy atom. The minimum atomic E-state index is -0.760. The van der Waals surface area contributed by atoms with Crippen LogP contribution in [0.1, 0.15) is 178 Å². The fraction of sp³-hybridized carbons (Fsp3) is 0.788. The van der Waals surface area contributed by atoms with Gasteiger partial charge in [0.25, 0.3) is 0 Å². The van der Waals surface area contributed by atoms with Gasteiger partial charge >= 0.3 is 5.97 Å². The molecule has 0 aliphatic carbocycles. The van der Waals surface area contributed by atoms with E-state index < -0.39 is 18.0 Å². The van der Waals surface area contributed by atoms with Gasteiger partial charge in [0.1, 0.15) is 0 Å². The lowest BCUT2D eigenvalue weighted by Crippen LogP contribution is -2.15. The molecule has 0 aliphatic heterocycles. The van der Waals surface area contributed by atoms with Crippen LogP contribution in [0, 0.1) is 0 Å². The number of rotatable bonds is 25. The third-order valence-electron chi connectivity index (χ3n) is 7.71. The van der Waals surface area contributed by atoms with Crippen molar-refractivity contribution in [1.82, 2.24) is 0 Å². The quantitative estimate of drug-likeness (QED) is 0.131. The van der Waals surface area contributed by atoms with Crippen LogP contribution in [-0.2, 0) is 4.79 Å². The van der Waals surface area contributed by atoms with Crippen LogP contribution in [0.15, 0.2) is 24.3 Å². The zero-order valence-corrected chi connectivity index (χ0v) is 23.8. The van der Waals surface area contributed by atoms with Gasteiger partial charge in [-0.25, -0.2) is 0 Å². The number of carboxylic acids is 1. The maximum absolute atomic E-state index is 12.1. The molecular formula is C33H58O3. The standard InChI is InChI=1S/C33H58O3/c1-3-5-7-9-11-12-13-14-15-16-17-18-19-21-27-31(33(35)36)29-25-23-24-26-30(29)32(34)28-22-20-10-8-6-4-2/h23-26,31-32,34H,3-22,27-28H2,1-2H3,(H,35,36). The molecule has 0 heterocycles. The van der Waals surface area contributed by atoms with Crippen molar-refractivity contribution in [3.05, 3.63) is 35.4 Å². The van der Waals surface area contributed by atoms with Gasteiger partial charge in [0.15, 0.2) is 0 Å². The molecule has 1 aromatic carbocycles. The first-order valence-corrected chi connectivity index (χ1v) is 15.6. The lowest BCUT2D eigenvalue weighted by Gasteiger charge is -2.20. The highest BCUT2D eigenvalue weighted by molar-refractivity contribution is 5.76. The number of carboxylic acid groups (broad SMARTS) is 1. The van der Waals surface area contributed by atoms with E-state index >= 15 is 0 Å². The molecule has 0 fully saturated rings. The molecule has 36 heavy (non-hydrogen) atoms. The van der Waals surface area contributed by atoms with Crippen LogP contribution in [0.4, 0.5) is 0 Å². The first-order chi connectivity index (χ1) is 17.6. The first-order valence-electron chi connectivity index (χ1n) is 15.6. The van der Waals surface area contributed by atoms with Crippen LogP contribution >= 0.6 is 0 Å². The highest BCUT2D eigenvalue weighted by Crippen LogP contribution is 2.32. The predicted octanol–water partition coefficient (Wildman–Crippen LogP) is 10.5. The SMILES string of the molecule is CCCCCCCCCCCCCCCCC(C(=O)O)c1ccccc1C(O)CCCCCCCC. The molecule has 208 valence electrons. The lowest BCUT2D eigenvalue weighted by atomic mass is 9.86. The van der Waals surface area contributed by atoms with E-state index in [1.807, 2.05) is 24.3 Å². The topological polar surface area (TPSA) is 57.5 Å². The van der Waals surface area contributed by atoms with Gasteiger partial charge in [0.2, 0.25) is 0 Å². The lowest BCUT2D eigenvalue weighted by molar-refractivity contribution is -0.139. The zero-order chi connectivity index (χ0) is 26.3. The molecule has 0 aromatic heterocycles. The molecule has 3 heteroatoms. The van der Waals surface area contributed by atoms with Gasteiger partial charge in [-0.05, 0) is 24.0 Å². The summed E-state index contributed by atoms with van der Waals surface area (Å²) in [6.45, 7) is 4.49. The van der Waals surface area contributed by atoms with Gasteiger partial charge in [0, 0.05) is 0 Å². The molecule has 0 saturated carbocycles. The summed E-state index contributed by atoms with van der Waals surface area (Å²) in [5.41, 5.74) is 1.64. The van der Waals surface area contributed by atoms with Crippen LogP contribution in [0.5, 0.6) is 0 Å². The summed E-state index contributed by atoms with van der Waals surface area (Å²) < 4.78 is 0. The maximum Gasteiger partial charge on any atom is 0.310 e. The maximum atomic E-state index is 12.1. The number of unbranched alkanes of at least 4 members (excludes halogenated alkanes) is 18. The van der Waals surface area contributed by atoms with Gasteiger partial charge in [0.05, 0.1) is 12.0 Å². The number of carbonyl (C=O) groups is 1. The first kappa shape index (κ1) is 32.7. The summed E-state index contributed by atoms with van der Waals surface area (Å²) in [4.78, 5) is 12.1. The van der Waals surface area contributed by atoms with Crippen molar-refractivity contribution in [2.75, 3.05) is 0 Å². The molecule has 2 N–H and O–H groups in total. The van der Waals surface area contributed by atoms with Crippen molar-refractivity contribution in [1.29, 1.82) is 0 Å². The Morgan fingerprint density at radius 2 is 0.944 bits per heavy atom. The molecule has 2 unspecified atom stereocenters. The van der Waals surface area contributed by atoms with Crippen LogP contribution in [0.25, 0.3) is 0 Å². The van der Waals surface area contributed by atoms with E-state index in [-0.39, 0.29) is 0 Å². The predicted molar refractivity (Wildman–Crippen MR) is 155 cm³/mol. The second-order valence-electron chi connectivity index (χ2n) is 11.0. The number of benzene rings is 1. The van der Waals surface area contributed by atoms with E-state index in [0.717, 1.165) is 36.8 Å². The van der Waals surface area contributed by atoms with Crippen molar-refractivity contribution < 1.29 is 15.0 Å². The minimum Gasteiger partial charge on any atom is -0.481 e. The van der Waals surface area contributed by atoms with E-state index in [0.29, 0.717) is 12.8 Å². The average molecular weight is 503 g/mol. The van der Waals surface area contributed by atoms with E-state index in [1.165, 1.54) is 103 Å². The molecule has 0 aliphatic rings. The van der Waals surface area contributed by atoms with Crippen molar-refractivity contribution in [2.45, 2.75) is 167 Å². The molecule has 0 radical (unpaired) electrons. The molecule has 1 aromatic rings. The number of aliphatic hydroxyl groups is 1. The molecule has 1 rings (SSSR count). The van der Waals surface area contributed by atoms with E-state index in [2.05, 4.69) is 13.8 Å². The third kappa shape index (κ3) is 15.7. The average Bonchev–Trinajstić information content (AvgIpc) is 2.88. The van der Waals surface area contributed by atoms with Crippen LogP contribution < -0.4 is 0 Å². The smallest absolute Gasteiger partial charge is 0.310 e. The number of aliphatic carboxylic acids is 1. The van der Waals surface area contributed by atoms with Gasteiger partial charge in [-0.1, -0.05) is 167 Å². The Kier molecular flexibility index (Phi) is 20.7. The van der Waals surface area contributed by atoms with Gasteiger partial charge in [-0.15, -0.1) is 0 Å². The summed E-state index contributed by atoms with van der Waals surface area (Å²) in [6.07, 6.45) is 26.2. The third-order valence-corrected chi connectivity index (χ3v) is 7.71. The van der Waals surface area contributed by atoms with Gasteiger partial charge < -0.3 is 10.2 Å². The molecule has 0 saturated heterocycles. The molecule has 3 nitrogen and oxygen atoms in total. The highest BCUT2D eigenvalue weighted by atomic mass is 16.4. The summed E-state index contributed by atoms with van der Waals surface area (Å²) in [5, 5.41) is 20.8. The van der Waals surface area contributed by atoms with Crippen molar-refractivity contribution in [3.63, 3.8) is 0 Å². The zero-order valence-electron chi connectivity index (χ0n) is 23.8. The van der Waals surface area contributed by atoms with Crippen LogP contribution in [-0.4, -0.2) is 16.2 Å². The van der Waals surface area contributed by atoms with Crippen LogP contribution in [0.3, 0.4) is 0 Å². The molecule has 0 amide bonds. The van der Waals surface area contributed by atoms with Gasteiger partial charge in [-0.3, -0.25) is 4.79 Å². The largest absolute Gasteiger partial charge is 0.481 e. The van der Waals surface area contributed by atoms with Crippen molar-refractivity contribution in [3.8, 4) is 0 Å². The minimum absolute atomic E-state index is 0.516. The number of aliphatic hydroxyl groups excluding tert-OH is 1. The van der Waals surface area contributed by atoms with Crippen molar-refractivity contribution in [2.24, 2.45) is 0 Å². The second kappa shape index (κ2) is 22.8. The monoisotopic (exact) mass is 502 g/mol. The Bertz CT molecular complexity index is 642. The molecule has 0 spiro atoms. The van der Waals surface area contributed by atoms with Gasteiger partial charge in [-0.2, -0.15) is 0 Å². The molecule has 0 bridgehead atoms. The highest BCUT2D eigenvalue weighted by Gasteiger charge is 2.24. The fourth-order valence-electron chi connectivity index (χ4n) is 5.36. The summed E-state index contributed by atoms with van der Waals surface area (Å²) in [5.74, 6) is -1.28. The Morgan fingerprint density at radius 1 is 0.583 bits per heavy atom. The summed E-state index contributed by atoms with van der Waals surface area (Å²) in [6, 6.07) is 7.69. The van der Waals surface area contributed by atoms with Crippen molar-refractivity contribution >= 4 is 5.97 Å². The Hall–Kier alpha value is -1.35. The summed E-state index contributed by atoms with van der Waals surface area (Å²) in [7, 11) is 0. The fourth-order valence-corrected chi connectivity index (χ4v) is 5.36. The van der Waals surface area contributed by atoms with E-state index in [4.69, 9.17) is 0 Å². The molecular weight excluding hydrogens is 444 g/mol. The Labute approximate surface area is 223 Å². The number of hydrogen-bond donors (Lipinski definition) is 2. The second-order valence-corrected chi connectivity index (χ2v) is 11.0. The van der Waals surface area contributed by atoms with E-state index in [9.17, 15) is 15.0 Å². The Balaban J connectivity index is 2.28.